The summed E-state index contributed by atoms with van der Waals surface area (Å²) in [5.74, 6) is 0.288. The van der Waals surface area contributed by atoms with E-state index in [9.17, 15) is 8.76 Å². The number of hydrogen-bond acceptors (Lipinski definition) is 5. The van der Waals surface area contributed by atoms with Crippen LogP contribution in [0.5, 0.6) is 5.75 Å². The van der Waals surface area contributed by atoms with Gasteiger partial charge in [-0.2, -0.15) is 0 Å². The second-order valence-electron chi connectivity index (χ2n) is 7.51. The molecule has 0 spiro atoms. The lowest BCUT2D eigenvalue weighted by molar-refractivity contribution is 0.436. The average molecular weight is 428 g/mol. The van der Waals surface area contributed by atoms with Crippen molar-refractivity contribution >= 4 is 22.7 Å². The minimum absolute atomic E-state index is 0.288. The zero-order chi connectivity index (χ0) is 21.6. The van der Waals surface area contributed by atoms with Gasteiger partial charge in [0.15, 0.2) is 0 Å². The summed E-state index contributed by atoms with van der Waals surface area (Å²) in [5, 5.41) is 0. The van der Waals surface area contributed by atoms with Crippen molar-refractivity contribution in [2.24, 2.45) is 0 Å². The van der Waals surface area contributed by atoms with Crippen LogP contribution in [-0.2, 0) is 16.8 Å². The Hall–Kier alpha value is -3.61. The Morgan fingerprint density at radius 3 is 1.84 bits per heavy atom. The van der Waals surface area contributed by atoms with E-state index in [1.165, 1.54) is 0 Å². The van der Waals surface area contributed by atoms with Crippen molar-refractivity contribution in [1.82, 2.24) is 0 Å². The normalized spacial score (nSPS) is 14.5. The number of nitrogen functional groups attached to an aromatic ring is 2. The Balaban J connectivity index is 1.96. The Morgan fingerprint density at radius 2 is 1.26 bits per heavy atom. The lowest BCUT2D eigenvalue weighted by atomic mass is 9.67. The molecule has 5 nitrogen and oxygen atoms in total. The van der Waals surface area contributed by atoms with Crippen molar-refractivity contribution < 1.29 is 12.9 Å². The molecule has 1 atom stereocenters. The largest absolute Gasteiger partial charge is 0.740 e. The van der Waals surface area contributed by atoms with Crippen molar-refractivity contribution in [3.05, 3.63) is 113 Å². The minimum atomic E-state index is -2.72. The molecule has 0 amide bonds. The van der Waals surface area contributed by atoms with E-state index in [-0.39, 0.29) is 5.75 Å². The molecular weight excluding hydrogens is 408 g/mol. The molecule has 0 saturated carbocycles. The molecule has 1 unspecified atom stereocenters. The van der Waals surface area contributed by atoms with Crippen LogP contribution < -0.4 is 15.7 Å². The standard InChI is InChI=1S/C25H20N2O3S/c26-18-12-8-16(9-13-18)25(17-10-14-19(27)15-11-17)22-6-2-1-4-20(22)21-5-3-7-23(24(21)25)30-31(28)29/h1-15H,26-27H2,(H,28,29)/p-1. The molecular formula is C25H19N2O3S-. The minimum Gasteiger partial charge on any atom is -0.740 e. The fourth-order valence-corrected chi connectivity index (χ4v) is 4.98. The highest BCUT2D eigenvalue weighted by molar-refractivity contribution is 7.74. The van der Waals surface area contributed by atoms with Crippen LogP contribution in [0.1, 0.15) is 22.3 Å². The number of hydrogen-bond donors (Lipinski definition) is 2. The quantitative estimate of drug-likeness (QED) is 0.327. The van der Waals surface area contributed by atoms with E-state index in [4.69, 9.17) is 15.7 Å². The van der Waals surface area contributed by atoms with Gasteiger partial charge in [0.05, 0.1) is 5.41 Å². The maximum absolute atomic E-state index is 11.6. The third kappa shape index (κ3) is 2.91. The molecule has 31 heavy (non-hydrogen) atoms. The van der Waals surface area contributed by atoms with Crippen LogP contribution in [-0.4, -0.2) is 8.76 Å². The lowest BCUT2D eigenvalue weighted by Gasteiger charge is -2.34. The second kappa shape index (κ2) is 7.27. The molecule has 0 aliphatic heterocycles. The van der Waals surface area contributed by atoms with Crippen molar-refractivity contribution in [1.29, 1.82) is 0 Å². The predicted molar refractivity (Wildman–Crippen MR) is 122 cm³/mol. The van der Waals surface area contributed by atoms with Crippen molar-refractivity contribution in [2.45, 2.75) is 5.41 Å². The molecule has 0 heterocycles. The van der Waals surface area contributed by atoms with Gasteiger partial charge in [0, 0.05) is 16.9 Å². The van der Waals surface area contributed by atoms with E-state index in [0.717, 1.165) is 33.4 Å². The van der Waals surface area contributed by atoms with Crippen LogP contribution in [0.25, 0.3) is 11.1 Å². The molecule has 0 radical (unpaired) electrons. The summed E-state index contributed by atoms with van der Waals surface area (Å²) in [6, 6.07) is 28.9. The Bertz CT molecular complexity index is 1260. The second-order valence-corrected chi connectivity index (χ2v) is 8.08. The first kappa shape index (κ1) is 19.4. The molecule has 154 valence electrons. The van der Waals surface area contributed by atoms with Gasteiger partial charge >= 0.3 is 0 Å². The number of rotatable bonds is 4. The Morgan fingerprint density at radius 1 is 0.710 bits per heavy atom. The van der Waals surface area contributed by atoms with E-state index in [0.29, 0.717) is 11.4 Å². The monoisotopic (exact) mass is 427 g/mol. The zero-order valence-corrected chi connectivity index (χ0v) is 17.3. The molecule has 0 fully saturated rings. The van der Waals surface area contributed by atoms with E-state index < -0.39 is 16.8 Å². The first-order chi connectivity index (χ1) is 15.0. The summed E-state index contributed by atoms with van der Waals surface area (Å²) < 4.78 is 28.4. The van der Waals surface area contributed by atoms with Crippen LogP contribution in [0.3, 0.4) is 0 Å². The highest BCUT2D eigenvalue weighted by Gasteiger charge is 2.48. The zero-order valence-electron chi connectivity index (χ0n) is 16.4. The summed E-state index contributed by atoms with van der Waals surface area (Å²) in [5.41, 5.74) is 18.1. The summed E-state index contributed by atoms with van der Waals surface area (Å²) in [6.07, 6.45) is 0. The number of fused-ring (bicyclic) bond motifs is 3. The third-order valence-electron chi connectivity index (χ3n) is 5.87. The van der Waals surface area contributed by atoms with E-state index >= 15 is 0 Å². The van der Waals surface area contributed by atoms with Gasteiger partial charge < -0.3 is 20.2 Å². The molecule has 0 saturated heterocycles. The van der Waals surface area contributed by atoms with Gasteiger partial charge in [0.25, 0.3) is 0 Å². The third-order valence-corrected chi connectivity index (χ3v) is 6.18. The van der Waals surface area contributed by atoms with Crippen molar-refractivity contribution in [3.63, 3.8) is 0 Å². The Labute approximate surface area is 182 Å². The summed E-state index contributed by atoms with van der Waals surface area (Å²) >= 11 is -2.72. The molecule has 4 aromatic rings. The molecule has 4 aromatic carbocycles. The van der Waals surface area contributed by atoms with Crippen LogP contribution in [0.2, 0.25) is 0 Å². The SMILES string of the molecule is Nc1ccc(C2(c3ccc(N)cc3)c3ccccc3-c3cccc(OS(=O)[O-])c32)cc1. The highest BCUT2D eigenvalue weighted by atomic mass is 32.2. The summed E-state index contributed by atoms with van der Waals surface area (Å²) in [6.45, 7) is 0. The van der Waals surface area contributed by atoms with Gasteiger partial charge in [0.2, 0.25) is 0 Å². The van der Waals surface area contributed by atoms with E-state index in [2.05, 4.69) is 6.07 Å². The highest BCUT2D eigenvalue weighted by Crippen LogP contribution is 2.58. The van der Waals surface area contributed by atoms with Gasteiger partial charge in [-0.1, -0.05) is 60.7 Å². The molecule has 6 heteroatoms. The number of nitrogens with two attached hydrogens (primary N) is 2. The van der Waals surface area contributed by atoms with Crippen LogP contribution >= 0.6 is 0 Å². The molecule has 1 aliphatic carbocycles. The number of benzene rings is 4. The molecule has 0 aromatic heterocycles. The fourth-order valence-electron chi connectivity index (χ4n) is 4.70. The van der Waals surface area contributed by atoms with Crippen LogP contribution in [0.15, 0.2) is 91.0 Å². The number of anilines is 2. The van der Waals surface area contributed by atoms with Gasteiger partial charge in [-0.3, -0.25) is 0 Å². The molecule has 4 N–H and O–H groups in total. The molecule has 5 rings (SSSR count). The van der Waals surface area contributed by atoms with Crippen molar-refractivity contribution in [3.8, 4) is 16.9 Å². The first-order valence-corrected chi connectivity index (χ1v) is 10.7. The molecule has 0 bridgehead atoms. The smallest absolute Gasteiger partial charge is 0.144 e. The van der Waals surface area contributed by atoms with E-state index in [1.54, 1.807) is 12.1 Å². The van der Waals surface area contributed by atoms with E-state index in [1.807, 2.05) is 72.8 Å². The topological polar surface area (TPSA) is 101 Å². The molecule has 1 aliphatic rings. The summed E-state index contributed by atoms with van der Waals surface area (Å²) in [7, 11) is 0. The van der Waals surface area contributed by atoms with Gasteiger partial charge in [-0.05, 0) is 58.1 Å². The van der Waals surface area contributed by atoms with Gasteiger partial charge in [0.1, 0.15) is 17.1 Å². The maximum Gasteiger partial charge on any atom is 0.144 e. The van der Waals surface area contributed by atoms with Gasteiger partial charge in [-0.25, -0.2) is 4.21 Å². The predicted octanol–water partition coefficient (Wildman–Crippen LogP) is 4.39. The first-order valence-electron chi connectivity index (χ1n) is 9.75. The van der Waals surface area contributed by atoms with Crippen molar-refractivity contribution in [2.75, 3.05) is 11.5 Å². The van der Waals surface area contributed by atoms with Crippen LogP contribution in [0.4, 0.5) is 11.4 Å². The van der Waals surface area contributed by atoms with Crippen LogP contribution in [0, 0.1) is 0 Å². The maximum atomic E-state index is 11.6. The van der Waals surface area contributed by atoms with Gasteiger partial charge in [-0.15, -0.1) is 0 Å². The average Bonchev–Trinajstić information content (AvgIpc) is 3.07. The lowest BCUT2D eigenvalue weighted by Crippen LogP contribution is -2.29. The Kier molecular flexibility index (Phi) is 4.54. The summed E-state index contributed by atoms with van der Waals surface area (Å²) in [4.78, 5) is 0. The fraction of sp³-hybridized carbons (Fsp3) is 0.0400.